The first kappa shape index (κ1) is 18.1. The van der Waals surface area contributed by atoms with E-state index in [4.69, 9.17) is 9.47 Å². The second kappa shape index (κ2) is 8.00. The van der Waals surface area contributed by atoms with Crippen molar-refractivity contribution >= 4 is 5.97 Å². The zero-order chi connectivity index (χ0) is 17.6. The number of hydrogen-bond acceptors (Lipinski definition) is 3. The molecule has 128 valence electrons. The van der Waals surface area contributed by atoms with E-state index in [1.54, 1.807) is 7.11 Å². The molecule has 0 N–H and O–H groups in total. The van der Waals surface area contributed by atoms with Gasteiger partial charge in [-0.05, 0) is 44.4 Å². The molecule has 0 aliphatic rings. The lowest BCUT2D eigenvalue weighted by Crippen LogP contribution is -2.34. The van der Waals surface area contributed by atoms with Crippen LogP contribution in [0.5, 0.6) is 5.75 Å². The number of methoxy groups -OCH3 is 1. The van der Waals surface area contributed by atoms with Gasteiger partial charge in [-0.3, -0.25) is 4.79 Å². The second-order valence-electron chi connectivity index (χ2n) is 6.43. The summed E-state index contributed by atoms with van der Waals surface area (Å²) < 4.78 is 10.9. The minimum Gasteiger partial charge on any atom is -0.496 e. The molecule has 0 saturated heterocycles. The second-order valence-corrected chi connectivity index (χ2v) is 6.43. The third-order valence-corrected chi connectivity index (χ3v) is 4.47. The van der Waals surface area contributed by atoms with E-state index < -0.39 is 5.41 Å². The summed E-state index contributed by atoms with van der Waals surface area (Å²) in [7, 11) is 1.66. The van der Waals surface area contributed by atoms with Gasteiger partial charge in [0.25, 0.3) is 0 Å². The highest BCUT2D eigenvalue weighted by molar-refractivity contribution is 5.77. The number of carbonyl (C=O) groups is 1. The zero-order valence-electron chi connectivity index (χ0n) is 14.9. The third kappa shape index (κ3) is 3.97. The molecule has 0 spiro atoms. The van der Waals surface area contributed by atoms with E-state index in [1.807, 2.05) is 63.2 Å². The van der Waals surface area contributed by atoms with Crippen LogP contribution < -0.4 is 4.74 Å². The van der Waals surface area contributed by atoms with Gasteiger partial charge in [-0.25, -0.2) is 0 Å². The topological polar surface area (TPSA) is 35.5 Å². The molecule has 3 heteroatoms. The average molecular weight is 326 g/mol. The monoisotopic (exact) mass is 326 g/mol. The first-order valence-electron chi connectivity index (χ1n) is 8.34. The van der Waals surface area contributed by atoms with Crippen molar-refractivity contribution in [1.82, 2.24) is 0 Å². The molecule has 2 aromatic rings. The van der Waals surface area contributed by atoms with Gasteiger partial charge in [0.2, 0.25) is 0 Å². The van der Waals surface area contributed by atoms with Gasteiger partial charge in [0.05, 0.1) is 19.1 Å². The fraction of sp³-hybridized carbons (Fsp3) is 0.381. The summed E-state index contributed by atoms with van der Waals surface area (Å²) in [5, 5.41) is 0. The van der Waals surface area contributed by atoms with Gasteiger partial charge in [0, 0.05) is 5.92 Å². The van der Waals surface area contributed by atoms with Crippen molar-refractivity contribution in [2.24, 2.45) is 5.41 Å². The Kier molecular flexibility index (Phi) is 6.02. The molecule has 0 fully saturated rings. The molecule has 24 heavy (non-hydrogen) atoms. The first-order chi connectivity index (χ1) is 11.5. The molecule has 0 saturated carbocycles. The maximum atomic E-state index is 12.6. The number of para-hydroxylation sites is 1. The van der Waals surface area contributed by atoms with E-state index in [0.29, 0.717) is 6.61 Å². The molecule has 0 radical (unpaired) electrons. The van der Waals surface area contributed by atoms with Crippen LogP contribution in [-0.2, 0) is 16.0 Å². The smallest absolute Gasteiger partial charge is 0.312 e. The van der Waals surface area contributed by atoms with Crippen LogP contribution in [0.15, 0.2) is 54.6 Å². The van der Waals surface area contributed by atoms with E-state index >= 15 is 0 Å². The fourth-order valence-corrected chi connectivity index (χ4v) is 3.02. The molecule has 1 unspecified atom stereocenters. The van der Waals surface area contributed by atoms with Crippen molar-refractivity contribution in [1.29, 1.82) is 0 Å². The van der Waals surface area contributed by atoms with E-state index in [1.165, 1.54) is 5.56 Å². The molecule has 0 aliphatic carbocycles. The van der Waals surface area contributed by atoms with Gasteiger partial charge in [0.15, 0.2) is 0 Å². The van der Waals surface area contributed by atoms with Crippen LogP contribution >= 0.6 is 0 Å². The summed E-state index contributed by atoms with van der Waals surface area (Å²) in [6.07, 6.45) is 0.743. The van der Waals surface area contributed by atoms with Crippen molar-refractivity contribution in [2.75, 3.05) is 13.7 Å². The zero-order valence-corrected chi connectivity index (χ0v) is 14.9. The lowest BCUT2D eigenvalue weighted by molar-refractivity contribution is -0.154. The van der Waals surface area contributed by atoms with Crippen molar-refractivity contribution in [2.45, 2.75) is 33.1 Å². The van der Waals surface area contributed by atoms with Gasteiger partial charge in [-0.15, -0.1) is 0 Å². The Morgan fingerprint density at radius 3 is 2.29 bits per heavy atom. The predicted molar refractivity (Wildman–Crippen MR) is 96.3 cm³/mol. The molecule has 0 bridgehead atoms. The van der Waals surface area contributed by atoms with Crippen LogP contribution in [0, 0.1) is 5.41 Å². The molecule has 0 aliphatic heterocycles. The summed E-state index contributed by atoms with van der Waals surface area (Å²) in [5.74, 6) is 0.572. The van der Waals surface area contributed by atoms with E-state index in [2.05, 4.69) is 12.1 Å². The quantitative estimate of drug-likeness (QED) is 0.697. The van der Waals surface area contributed by atoms with Crippen LogP contribution in [0.4, 0.5) is 0 Å². The fourth-order valence-electron chi connectivity index (χ4n) is 3.02. The minimum atomic E-state index is -0.666. The van der Waals surface area contributed by atoms with Crippen molar-refractivity contribution < 1.29 is 14.3 Å². The lowest BCUT2D eigenvalue weighted by Gasteiger charge is -2.33. The Morgan fingerprint density at radius 1 is 1.04 bits per heavy atom. The summed E-state index contributed by atoms with van der Waals surface area (Å²) in [5.41, 5.74) is 1.55. The van der Waals surface area contributed by atoms with Crippen LogP contribution in [0.3, 0.4) is 0 Å². The molecule has 2 aromatic carbocycles. The number of carbonyl (C=O) groups excluding carboxylic acids is 1. The summed E-state index contributed by atoms with van der Waals surface area (Å²) >= 11 is 0. The van der Waals surface area contributed by atoms with Gasteiger partial charge in [-0.2, -0.15) is 0 Å². The predicted octanol–water partition coefficient (Wildman–Crippen LogP) is 4.61. The maximum Gasteiger partial charge on any atom is 0.312 e. The standard InChI is InChI=1S/C21H26O3/c1-5-24-20(22)21(2,3)18(15-16-11-7-6-8-12-16)17-13-9-10-14-19(17)23-4/h6-14,18H,5,15H2,1-4H3. The Balaban J connectivity index is 2.46. The number of ether oxygens (including phenoxy) is 2. The number of hydrogen-bond donors (Lipinski definition) is 0. The highest BCUT2D eigenvalue weighted by Gasteiger charge is 2.40. The number of rotatable bonds is 7. The third-order valence-electron chi connectivity index (χ3n) is 4.47. The Morgan fingerprint density at radius 2 is 1.67 bits per heavy atom. The minimum absolute atomic E-state index is 0.0462. The van der Waals surface area contributed by atoms with Crippen molar-refractivity contribution in [3.63, 3.8) is 0 Å². The molecule has 0 amide bonds. The molecular weight excluding hydrogens is 300 g/mol. The van der Waals surface area contributed by atoms with Gasteiger partial charge in [-0.1, -0.05) is 48.5 Å². The average Bonchev–Trinajstić information content (AvgIpc) is 2.60. The van der Waals surface area contributed by atoms with Crippen molar-refractivity contribution in [3.8, 4) is 5.75 Å². The molecule has 0 aromatic heterocycles. The summed E-state index contributed by atoms with van der Waals surface area (Å²) in [6, 6.07) is 18.1. The van der Waals surface area contributed by atoms with E-state index in [-0.39, 0.29) is 11.9 Å². The normalized spacial score (nSPS) is 12.5. The summed E-state index contributed by atoms with van der Waals surface area (Å²) in [6.45, 7) is 6.12. The van der Waals surface area contributed by atoms with Crippen LogP contribution in [-0.4, -0.2) is 19.7 Å². The molecule has 0 heterocycles. The van der Waals surface area contributed by atoms with Gasteiger partial charge >= 0.3 is 5.97 Å². The molecule has 3 nitrogen and oxygen atoms in total. The van der Waals surface area contributed by atoms with Gasteiger partial charge in [0.1, 0.15) is 5.75 Å². The van der Waals surface area contributed by atoms with Crippen LogP contribution in [0.2, 0.25) is 0 Å². The Bertz CT molecular complexity index is 662. The molecule has 2 rings (SSSR count). The van der Waals surface area contributed by atoms with Crippen molar-refractivity contribution in [3.05, 3.63) is 65.7 Å². The van der Waals surface area contributed by atoms with Crippen LogP contribution in [0.25, 0.3) is 0 Å². The maximum absolute atomic E-state index is 12.6. The molecule has 1 atom stereocenters. The summed E-state index contributed by atoms with van der Waals surface area (Å²) in [4.78, 5) is 12.6. The largest absolute Gasteiger partial charge is 0.496 e. The highest BCUT2D eigenvalue weighted by atomic mass is 16.5. The number of benzene rings is 2. The highest BCUT2D eigenvalue weighted by Crippen LogP contribution is 2.42. The Labute approximate surface area is 144 Å². The number of esters is 1. The molecular formula is C21H26O3. The lowest BCUT2D eigenvalue weighted by atomic mass is 9.71. The Hall–Kier alpha value is -2.29. The van der Waals surface area contributed by atoms with E-state index in [9.17, 15) is 4.79 Å². The SMILES string of the molecule is CCOC(=O)C(C)(C)C(Cc1ccccc1)c1ccccc1OC. The van der Waals surface area contributed by atoms with E-state index in [0.717, 1.165) is 17.7 Å². The van der Waals surface area contributed by atoms with Crippen LogP contribution in [0.1, 0.15) is 37.8 Å². The first-order valence-corrected chi connectivity index (χ1v) is 8.34. The van der Waals surface area contributed by atoms with Gasteiger partial charge < -0.3 is 9.47 Å².